The molecule has 2 rings (SSSR count). The van der Waals surface area contributed by atoms with Crippen LogP contribution in [-0.4, -0.2) is 9.78 Å². The monoisotopic (exact) mass is 243 g/mol. The molecule has 2 aromatic rings. The van der Waals surface area contributed by atoms with E-state index >= 15 is 0 Å². The van der Waals surface area contributed by atoms with Crippen molar-refractivity contribution >= 4 is 5.82 Å². The Hall–Kier alpha value is -1.77. The van der Waals surface area contributed by atoms with Gasteiger partial charge < -0.3 is 5.73 Å². The smallest absolute Gasteiger partial charge is 0.130 e. The molecular weight excluding hydrogens is 222 g/mol. The van der Waals surface area contributed by atoms with Gasteiger partial charge in [-0.1, -0.05) is 45.9 Å². The lowest BCUT2D eigenvalue weighted by Gasteiger charge is -2.16. The molecule has 3 nitrogen and oxygen atoms in total. The van der Waals surface area contributed by atoms with Gasteiger partial charge in [0.25, 0.3) is 0 Å². The average Bonchev–Trinajstić information content (AvgIpc) is 2.67. The highest BCUT2D eigenvalue weighted by Crippen LogP contribution is 2.30. The Morgan fingerprint density at radius 3 is 2.22 bits per heavy atom. The molecule has 1 aromatic heterocycles. The van der Waals surface area contributed by atoms with Crippen molar-refractivity contribution in [1.82, 2.24) is 9.78 Å². The molecular formula is C15H21N3. The number of hydrogen-bond donors (Lipinski definition) is 1. The van der Waals surface area contributed by atoms with Crippen molar-refractivity contribution in [2.24, 2.45) is 0 Å². The molecule has 18 heavy (non-hydrogen) atoms. The first-order valence-corrected chi connectivity index (χ1v) is 6.38. The fraction of sp³-hybridized carbons (Fsp3) is 0.400. The molecule has 0 fully saturated rings. The topological polar surface area (TPSA) is 43.8 Å². The van der Waals surface area contributed by atoms with Crippen LogP contribution in [0.5, 0.6) is 0 Å². The molecule has 0 saturated heterocycles. The van der Waals surface area contributed by atoms with Crippen LogP contribution in [0.2, 0.25) is 0 Å². The first-order chi connectivity index (χ1) is 8.45. The Bertz CT molecular complexity index is 533. The van der Waals surface area contributed by atoms with Crippen molar-refractivity contribution < 1.29 is 0 Å². The van der Waals surface area contributed by atoms with E-state index in [9.17, 15) is 0 Å². The van der Waals surface area contributed by atoms with Crippen LogP contribution >= 0.6 is 0 Å². The maximum Gasteiger partial charge on any atom is 0.130 e. The highest BCUT2D eigenvalue weighted by Gasteiger charge is 2.24. The summed E-state index contributed by atoms with van der Waals surface area (Å²) < 4.78 is 1.85. The summed E-state index contributed by atoms with van der Waals surface area (Å²) in [7, 11) is 0. The van der Waals surface area contributed by atoms with Crippen LogP contribution in [0.3, 0.4) is 0 Å². The number of aromatic nitrogens is 2. The standard InChI is InChI=1S/C15H21N3/c1-5-12-13(15(2,3)4)17-18(14(12)16)11-9-7-6-8-10-11/h6-10H,5,16H2,1-4H3. The van der Waals surface area contributed by atoms with Gasteiger partial charge in [-0.3, -0.25) is 0 Å². The van der Waals surface area contributed by atoms with Gasteiger partial charge in [-0.15, -0.1) is 0 Å². The molecule has 0 aliphatic heterocycles. The van der Waals surface area contributed by atoms with Crippen LogP contribution in [0.1, 0.15) is 39.0 Å². The van der Waals surface area contributed by atoms with E-state index in [1.165, 1.54) is 0 Å². The third kappa shape index (κ3) is 2.13. The van der Waals surface area contributed by atoms with Gasteiger partial charge in [0.15, 0.2) is 0 Å². The Morgan fingerprint density at radius 2 is 1.78 bits per heavy atom. The zero-order valence-electron chi connectivity index (χ0n) is 11.6. The molecule has 0 aliphatic carbocycles. The zero-order valence-corrected chi connectivity index (χ0v) is 11.6. The van der Waals surface area contributed by atoms with Crippen molar-refractivity contribution in [3.8, 4) is 5.69 Å². The van der Waals surface area contributed by atoms with Crippen LogP contribution in [0.4, 0.5) is 5.82 Å². The van der Waals surface area contributed by atoms with Crippen molar-refractivity contribution in [3.05, 3.63) is 41.6 Å². The molecule has 0 bridgehead atoms. The van der Waals surface area contributed by atoms with Gasteiger partial charge in [0, 0.05) is 11.0 Å². The van der Waals surface area contributed by atoms with Gasteiger partial charge in [-0.2, -0.15) is 5.10 Å². The lowest BCUT2D eigenvalue weighted by Crippen LogP contribution is -2.14. The molecule has 0 spiro atoms. The molecule has 0 radical (unpaired) electrons. The van der Waals surface area contributed by atoms with E-state index in [4.69, 9.17) is 10.8 Å². The third-order valence-corrected chi connectivity index (χ3v) is 3.09. The number of nitrogens with zero attached hydrogens (tertiary/aromatic N) is 2. The minimum Gasteiger partial charge on any atom is -0.383 e. The Labute approximate surface area is 109 Å². The van der Waals surface area contributed by atoms with Gasteiger partial charge in [0.2, 0.25) is 0 Å². The fourth-order valence-electron chi connectivity index (χ4n) is 2.18. The van der Waals surface area contributed by atoms with Crippen LogP contribution in [-0.2, 0) is 11.8 Å². The van der Waals surface area contributed by atoms with Crippen LogP contribution in [0, 0.1) is 0 Å². The number of nitrogens with two attached hydrogens (primary N) is 1. The molecule has 1 heterocycles. The van der Waals surface area contributed by atoms with Gasteiger partial charge in [0.1, 0.15) is 5.82 Å². The van der Waals surface area contributed by atoms with Crippen molar-refractivity contribution in [2.45, 2.75) is 39.5 Å². The first kappa shape index (κ1) is 12.7. The summed E-state index contributed by atoms with van der Waals surface area (Å²) in [5, 5.41) is 4.71. The molecule has 1 aromatic carbocycles. The third-order valence-electron chi connectivity index (χ3n) is 3.09. The molecule has 0 aliphatic rings. The maximum absolute atomic E-state index is 6.24. The van der Waals surface area contributed by atoms with Crippen LogP contribution < -0.4 is 5.73 Å². The van der Waals surface area contributed by atoms with E-state index in [1.54, 1.807) is 0 Å². The number of para-hydroxylation sites is 1. The molecule has 3 heteroatoms. The number of rotatable bonds is 2. The quantitative estimate of drug-likeness (QED) is 0.879. The SMILES string of the molecule is CCc1c(C(C)(C)C)nn(-c2ccccc2)c1N. The van der Waals surface area contributed by atoms with Crippen LogP contribution in [0.15, 0.2) is 30.3 Å². The summed E-state index contributed by atoms with van der Waals surface area (Å²) in [6.45, 7) is 8.63. The number of anilines is 1. The first-order valence-electron chi connectivity index (χ1n) is 6.38. The van der Waals surface area contributed by atoms with Crippen molar-refractivity contribution in [2.75, 3.05) is 5.73 Å². The summed E-state index contributed by atoms with van der Waals surface area (Å²) in [6, 6.07) is 10.0. The molecule has 96 valence electrons. The summed E-state index contributed by atoms with van der Waals surface area (Å²) >= 11 is 0. The van der Waals surface area contributed by atoms with Gasteiger partial charge in [0.05, 0.1) is 11.4 Å². The molecule has 0 atom stereocenters. The zero-order chi connectivity index (χ0) is 13.3. The predicted octanol–water partition coefficient (Wildman–Crippen LogP) is 3.31. The molecule has 0 amide bonds. The Balaban J connectivity index is 2.61. The van der Waals surface area contributed by atoms with E-state index in [2.05, 4.69) is 27.7 Å². The number of hydrogen-bond acceptors (Lipinski definition) is 2. The predicted molar refractivity (Wildman–Crippen MR) is 76.1 cm³/mol. The summed E-state index contributed by atoms with van der Waals surface area (Å²) in [5.41, 5.74) is 9.52. The van der Waals surface area contributed by atoms with Gasteiger partial charge >= 0.3 is 0 Å². The lowest BCUT2D eigenvalue weighted by atomic mass is 9.88. The summed E-state index contributed by atoms with van der Waals surface area (Å²) in [5.74, 6) is 0.758. The van der Waals surface area contributed by atoms with E-state index < -0.39 is 0 Å². The minimum absolute atomic E-state index is 0.0134. The summed E-state index contributed by atoms with van der Waals surface area (Å²) in [4.78, 5) is 0. The van der Waals surface area contributed by atoms with Crippen LogP contribution in [0.25, 0.3) is 5.69 Å². The maximum atomic E-state index is 6.24. The van der Waals surface area contributed by atoms with Crippen molar-refractivity contribution in [1.29, 1.82) is 0 Å². The molecule has 0 unspecified atom stereocenters. The van der Waals surface area contributed by atoms with Gasteiger partial charge in [-0.25, -0.2) is 4.68 Å². The molecule has 2 N–H and O–H groups in total. The largest absolute Gasteiger partial charge is 0.383 e. The van der Waals surface area contributed by atoms with Crippen molar-refractivity contribution in [3.63, 3.8) is 0 Å². The van der Waals surface area contributed by atoms with E-state index in [1.807, 2.05) is 35.0 Å². The highest BCUT2D eigenvalue weighted by molar-refractivity contribution is 5.51. The number of benzene rings is 1. The minimum atomic E-state index is 0.0134. The Morgan fingerprint density at radius 1 is 1.17 bits per heavy atom. The average molecular weight is 243 g/mol. The number of nitrogen functional groups attached to an aromatic ring is 1. The van der Waals surface area contributed by atoms with E-state index in [0.717, 1.165) is 29.2 Å². The fourth-order valence-corrected chi connectivity index (χ4v) is 2.18. The van der Waals surface area contributed by atoms with Gasteiger partial charge in [-0.05, 0) is 18.6 Å². The second-order valence-corrected chi connectivity index (χ2v) is 5.56. The van der Waals surface area contributed by atoms with E-state index in [0.29, 0.717) is 0 Å². The lowest BCUT2D eigenvalue weighted by molar-refractivity contribution is 0.555. The second-order valence-electron chi connectivity index (χ2n) is 5.56. The summed E-state index contributed by atoms with van der Waals surface area (Å²) in [6.07, 6.45) is 0.908. The highest BCUT2D eigenvalue weighted by atomic mass is 15.3. The normalized spacial score (nSPS) is 11.8. The second kappa shape index (κ2) is 4.48. The Kier molecular flexibility index (Phi) is 3.16. The van der Waals surface area contributed by atoms with E-state index in [-0.39, 0.29) is 5.41 Å². The molecule has 0 saturated carbocycles.